The van der Waals surface area contributed by atoms with Crippen molar-refractivity contribution in [2.24, 2.45) is 0 Å². The molecule has 0 unspecified atom stereocenters. The summed E-state index contributed by atoms with van der Waals surface area (Å²) >= 11 is 0. The maximum atomic E-state index is 12.8. The third-order valence-corrected chi connectivity index (χ3v) is 5.86. The number of fused-ring (bicyclic) bond motifs is 2. The number of anilines is 1. The monoisotopic (exact) mass is 444 g/mol. The zero-order chi connectivity index (χ0) is 22.6. The van der Waals surface area contributed by atoms with Crippen molar-refractivity contribution in [1.29, 1.82) is 5.26 Å². The van der Waals surface area contributed by atoms with Crippen molar-refractivity contribution < 1.29 is 19.0 Å². The summed E-state index contributed by atoms with van der Waals surface area (Å²) in [5.74, 6) is 1.36. The van der Waals surface area contributed by atoms with Gasteiger partial charge in [0.25, 0.3) is 5.91 Å². The maximum absolute atomic E-state index is 12.8. The van der Waals surface area contributed by atoms with Crippen LogP contribution in [0.3, 0.4) is 0 Å². The fourth-order valence-corrected chi connectivity index (χ4v) is 4.10. The minimum atomic E-state index is -0.522. The van der Waals surface area contributed by atoms with Gasteiger partial charge in [0.2, 0.25) is 0 Å². The SMILES string of the molecule is N#Cc1ccc2cccc(NC(=O)[C@@H]3CC[C@@H](NCc4ccc5c(c4)OCCO5)CO3)c2n1. The van der Waals surface area contributed by atoms with E-state index in [0.717, 1.165) is 28.9 Å². The third-order valence-electron chi connectivity index (χ3n) is 5.86. The fourth-order valence-electron chi connectivity index (χ4n) is 4.10. The first-order valence-corrected chi connectivity index (χ1v) is 11.0. The second-order valence-corrected chi connectivity index (χ2v) is 8.13. The molecular weight excluding hydrogens is 420 g/mol. The number of benzene rings is 2. The van der Waals surface area contributed by atoms with Crippen LogP contribution >= 0.6 is 0 Å². The van der Waals surface area contributed by atoms with Gasteiger partial charge >= 0.3 is 0 Å². The van der Waals surface area contributed by atoms with Crippen LogP contribution in [0.4, 0.5) is 5.69 Å². The molecule has 0 radical (unpaired) electrons. The molecule has 2 aliphatic heterocycles. The van der Waals surface area contributed by atoms with Crippen LogP contribution in [0.15, 0.2) is 48.5 Å². The normalized spacial score (nSPS) is 19.6. The van der Waals surface area contributed by atoms with Gasteiger partial charge in [-0.1, -0.05) is 18.2 Å². The number of aromatic nitrogens is 1. The number of ether oxygens (including phenoxy) is 3. The number of hydrogen-bond acceptors (Lipinski definition) is 7. The number of para-hydroxylation sites is 1. The van der Waals surface area contributed by atoms with E-state index in [9.17, 15) is 4.79 Å². The lowest BCUT2D eigenvalue weighted by molar-refractivity contribution is -0.131. The summed E-state index contributed by atoms with van der Waals surface area (Å²) in [7, 11) is 0. The average molecular weight is 444 g/mol. The number of pyridine rings is 1. The molecule has 8 heteroatoms. The Hall–Kier alpha value is -3.67. The number of nitrogens with zero attached hydrogens (tertiary/aromatic N) is 2. The summed E-state index contributed by atoms with van der Waals surface area (Å²) in [6, 6.07) is 17.2. The van der Waals surface area contributed by atoms with E-state index in [4.69, 9.17) is 19.5 Å². The molecular formula is C25H24N4O4. The number of nitriles is 1. The molecule has 1 saturated heterocycles. The first-order chi connectivity index (χ1) is 16.2. The van der Waals surface area contributed by atoms with Crippen molar-refractivity contribution in [3.8, 4) is 17.6 Å². The zero-order valence-electron chi connectivity index (χ0n) is 18.0. The van der Waals surface area contributed by atoms with E-state index in [-0.39, 0.29) is 11.9 Å². The summed E-state index contributed by atoms with van der Waals surface area (Å²) in [6.07, 6.45) is 0.924. The summed E-state index contributed by atoms with van der Waals surface area (Å²) < 4.78 is 17.1. The van der Waals surface area contributed by atoms with Crippen LogP contribution in [0.2, 0.25) is 0 Å². The van der Waals surface area contributed by atoms with E-state index >= 15 is 0 Å². The molecule has 2 aliphatic rings. The molecule has 0 aliphatic carbocycles. The Morgan fingerprint density at radius 1 is 1.09 bits per heavy atom. The minimum absolute atomic E-state index is 0.166. The number of amides is 1. The molecule has 0 spiro atoms. The molecule has 3 heterocycles. The van der Waals surface area contributed by atoms with Crippen molar-refractivity contribution in [2.45, 2.75) is 31.5 Å². The van der Waals surface area contributed by atoms with Gasteiger partial charge in [0.05, 0.1) is 17.8 Å². The van der Waals surface area contributed by atoms with Crippen molar-refractivity contribution >= 4 is 22.5 Å². The number of rotatable bonds is 5. The van der Waals surface area contributed by atoms with Crippen LogP contribution in [-0.4, -0.2) is 42.9 Å². The predicted octanol–water partition coefficient (Wildman–Crippen LogP) is 3.15. The van der Waals surface area contributed by atoms with Gasteiger partial charge in [-0.2, -0.15) is 5.26 Å². The number of nitrogens with one attached hydrogen (secondary N) is 2. The Labute approximate surface area is 191 Å². The van der Waals surface area contributed by atoms with Crippen LogP contribution in [0.25, 0.3) is 10.9 Å². The summed E-state index contributed by atoms with van der Waals surface area (Å²) in [5.41, 5.74) is 2.60. The van der Waals surface area contributed by atoms with Crippen LogP contribution in [0.1, 0.15) is 24.1 Å². The van der Waals surface area contributed by atoms with Crippen molar-refractivity contribution in [1.82, 2.24) is 10.3 Å². The molecule has 33 heavy (non-hydrogen) atoms. The number of hydrogen-bond donors (Lipinski definition) is 2. The molecule has 1 fully saturated rings. The van der Waals surface area contributed by atoms with Gasteiger partial charge in [-0.25, -0.2) is 4.98 Å². The zero-order valence-corrected chi connectivity index (χ0v) is 18.0. The topological polar surface area (TPSA) is 106 Å². The van der Waals surface area contributed by atoms with E-state index in [1.54, 1.807) is 12.1 Å². The van der Waals surface area contributed by atoms with Gasteiger partial charge in [0, 0.05) is 18.0 Å². The first-order valence-electron chi connectivity index (χ1n) is 11.0. The average Bonchev–Trinajstić information content (AvgIpc) is 2.87. The summed E-state index contributed by atoms with van der Waals surface area (Å²) in [6.45, 7) is 2.29. The van der Waals surface area contributed by atoms with E-state index in [0.29, 0.717) is 49.7 Å². The van der Waals surface area contributed by atoms with Crippen molar-refractivity contribution in [2.75, 3.05) is 25.1 Å². The molecule has 2 N–H and O–H groups in total. The van der Waals surface area contributed by atoms with Gasteiger partial charge < -0.3 is 24.8 Å². The Bertz CT molecular complexity index is 1210. The van der Waals surface area contributed by atoms with Crippen LogP contribution in [0, 0.1) is 11.3 Å². The first kappa shape index (κ1) is 21.2. The molecule has 5 rings (SSSR count). The maximum Gasteiger partial charge on any atom is 0.253 e. The molecule has 0 saturated carbocycles. The quantitative estimate of drug-likeness (QED) is 0.623. The minimum Gasteiger partial charge on any atom is -0.486 e. The largest absolute Gasteiger partial charge is 0.486 e. The summed E-state index contributed by atoms with van der Waals surface area (Å²) in [5, 5.41) is 16.4. The molecule has 2 atom stereocenters. The van der Waals surface area contributed by atoms with Gasteiger partial charge in [0.15, 0.2) is 11.5 Å². The van der Waals surface area contributed by atoms with Gasteiger partial charge in [-0.15, -0.1) is 0 Å². The Morgan fingerprint density at radius 3 is 2.79 bits per heavy atom. The molecule has 2 aromatic carbocycles. The fraction of sp³-hybridized carbons (Fsp3) is 0.320. The molecule has 1 amide bonds. The van der Waals surface area contributed by atoms with E-state index in [1.165, 1.54) is 0 Å². The van der Waals surface area contributed by atoms with E-state index in [1.807, 2.05) is 42.5 Å². The van der Waals surface area contributed by atoms with E-state index < -0.39 is 6.10 Å². The van der Waals surface area contributed by atoms with Crippen molar-refractivity contribution in [3.05, 3.63) is 59.8 Å². The van der Waals surface area contributed by atoms with E-state index in [2.05, 4.69) is 15.6 Å². The smallest absolute Gasteiger partial charge is 0.253 e. The van der Waals surface area contributed by atoms with Gasteiger partial charge in [0.1, 0.15) is 31.1 Å². The lowest BCUT2D eigenvalue weighted by Gasteiger charge is -2.29. The van der Waals surface area contributed by atoms with Crippen LogP contribution in [-0.2, 0) is 16.1 Å². The second-order valence-electron chi connectivity index (χ2n) is 8.13. The highest BCUT2D eigenvalue weighted by atomic mass is 16.6. The lowest BCUT2D eigenvalue weighted by Crippen LogP contribution is -2.43. The van der Waals surface area contributed by atoms with Crippen LogP contribution in [0.5, 0.6) is 11.5 Å². The molecule has 168 valence electrons. The Morgan fingerprint density at radius 2 is 1.97 bits per heavy atom. The van der Waals surface area contributed by atoms with Crippen molar-refractivity contribution in [3.63, 3.8) is 0 Å². The second kappa shape index (κ2) is 9.45. The number of carbonyl (C=O) groups is 1. The van der Waals surface area contributed by atoms with Gasteiger partial charge in [-0.3, -0.25) is 4.79 Å². The molecule has 3 aromatic rings. The standard InChI is InChI=1S/C25H24N4O4/c26-13-18-6-5-17-2-1-3-20(24(17)28-18)29-25(30)22-9-7-19(15-33-22)27-14-16-4-8-21-23(12-16)32-11-10-31-21/h1-6,8,12,19,22,27H,7,9-11,14-15H2,(H,29,30)/t19-,22+/m1/s1. The highest BCUT2D eigenvalue weighted by Crippen LogP contribution is 2.31. The lowest BCUT2D eigenvalue weighted by atomic mass is 10.0. The molecule has 8 nitrogen and oxygen atoms in total. The highest BCUT2D eigenvalue weighted by molar-refractivity contribution is 6.02. The Balaban J connectivity index is 1.15. The predicted molar refractivity (Wildman–Crippen MR) is 122 cm³/mol. The highest BCUT2D eigenvalue weighted by Gasteiger charge is 2.27. The Kier molecular flexibility index (Phi) is 6.07. The molecule has 1 aromatic heterocycles. The third kappa shape index (κ3) is 4.75. The number of carbonyl (C=O) groups excluding carboxylic acids is 1. The van der Waals surface area contributed by atoms with Gasteiger partial charge in [-0.05, 0) is 48.7 Å². The van der Waals surface area contributed by atoms with Crippen LogP contribution < -0.4 is 20.1 Å². The summed E-state index contributed by atoms with van der Waals surface area (Å²) in [4.78, 5) is 17.2. The molecule has 0 bridgehead atoms.